The van der Waals surface area contributed by atoms with Crippen molar-refractivity contribution in [3.05, 3.63) is 88.8 Å². The number of guanidine groups is 1. The van der Waals surface area contributed by atoms with Gasteiger partial charge in [0, 0.05) is 30.8 Å². The Bertz CT molecular complexity index is 953. The highest BCUT2D eigenvalue weighted by molar-refractivity contribution is 6.30. The van der Waals surface area contributed by atoms with Crippen LogP contribution in [0.15, 0.2) is 76.3 Å². The van der Waals surface area contributed by atoms with E-state index in [-0.39, 0.29) is 11.7 Å². The van der Waals surface area contributed by atoms with Crippen molar-refractivity contribution in [2.24, 2.45) is 4.99 Å². The van der Waals surface area contributed by atoms with Crippen LogP contribution in [0.3, 0.4) is 0 Å². The van der Waals surface area contributed by atoms with Gasteiger partial charge in [-0.15, -0.1) is 0 Å². The third-order valence-corrected chi connectivity index (χ3v) is 4.47. The number of halogens is 1. The first-order valence-corrected chi connectivity index (χ1v) is 9.64. The molecule has 0 atom stereocenters. The van der Waals surface area contributed by atoms with Gasteiger partial charge in [-0.3, -0.25) is 9.79 Å². The van der Waals surface area contributed by atoms with Crippen LogP contribution in [0.4, 0.5) is 5.69 Å². The second-order valence-electron chi connectivity index (χ2n) is 6.36. The molecule has 3 rings (SSSR count). The molecular weight excluding hydrogens is 388 g/mol. The number of amides is 1. The van der Waals surface area contributed by atoms with Crippen molar-refractivity contribution in [2.75, 3.05) is 18.9 Å². The maximum absolute atomic E-state index is 12.0. The van der Waals surface area contributed by atoms with Crippen molar-refractivity contribution >= 4 is 29.2 Å². The summed E-state index contributed by atoms with van der Waals surface area (Å²) in [6, 6.07) is 18.7. The Balaban J connectivity index is 1.43. The molecule has 0 radical (unpaired) electrons. The van der Waals surface area contributed by atoms with Crippen molar-refractivity contribution in [2.45, 2.75) is 13.0 Å². The SMILES string of the molecule is CN=C(NCCc1cccc(Cl)c1)NCc1ccc(NC(=O)c2ccco2)cc1. The molecule has 2 aromatic carbocycles. The van der Waals surface area contributed by atoms with E-state index in [0.29, 0.717) is 12.2 Å². The average molecular weight is 411 g/mol. The molecule has 0 saturated carbocycles. The Morgan fingerprint density at radius 2 is 1.86 bits per heavy atom. The lowest BCUT2D eigenvalue weighted by Crippen LogP contribution is -2.37. The predicted molar refractivity (Wildman–Crippen MR) is 116 cm³/mol. The summed E-state index contributed by atoms with van der Waals surface area (Å²) in [5.41, 5.74) is 2.95. The lowest BCUT2D eigenvalue weighted by molar-refractivity contribution is 0.0996. The zero-order valence-electron chi connectivity index (χ0n) is 16.1. The molecule has 7 heteroatoms. The van der Waals surface area contributed by atoms with Crippen LogP contribution in [0.2, 0.25) is 5.02 Å². The molecule has 1 amide bonds. The molecule has 1 aromatic heterocycles. The fourth-order valence-electron chi connectivity index (χ4n) is 2.73. The van der Waals surface area contributed by atoms with Crippen molar-refractivity contribution in [1.29, 1.82) is 0 Å². The molecule has 0 bridgehead atoms. The van der Waals surface area contributed by atoms with Crippen LogP contribution in [0.25, 0.3) is 0 Å². The van der Waals surface area contributed by atoms with E-state index in [0.717, 1.165) is 29.5 Å². The third kappa shape index (κ3) is 6.40. The molecule has 0 aliphatic carbocycles. The molecular formula is C22H23ClN4O2. The summed E-state index contributed by atoms with van der Waals surface area (Å²) in [6.07, 6.45) is 2.32. The summed E-state index contributed by atoms with van der Waals surface area (Å²) in [4.78, 5) is 16.2. The van der Waals surface area contributed by atoms with Crippen LogP contribution in [0, 0.1) is 0 Å². The first kappa shape index (κ1) is 20.5. The quantitative estimate of drug-likeness (QED) is 0.405. The monoisotopic (exact) mass is 410 g/mol. The summed E-state index contributed by atoms with van der Waals surface area (Å²) in [5, 5.41) is 10.1. The summed E-state index contributed by atoms with van der Waals surface area (Å²) >= 11 is 6.01. The van der Waals surface area contributed by atoms with E-state index >= 15 is 0 Å². The van der Waals surface area contributed by atoms with E-state index in [4.69, 9.17) is 16.0 Å². The van der Waals surface area contributed by atoms with Crippen LogP contribution in [-0.4, -0.2) is 25.5 Å². The number of carbonyl (C=O) groups is 1. The van der Waals surface area contributed by atoms with E-state index < -0.39 is 0 Å². The minimum atomic E-state index is -0.273. The Kier molecular flexibility index (Phi) is 7.30. The molecule has 150 valence electrons. The van der Waals surface area contributed by atoms with Gasteiger partial charge < -0.3 is 20.4 Å². The molecule has 0 saturated heterocycles. The van der Waals surface area contributed by atoms with Crippen molar-refractivity contribution in [3.8, 4) is 0 Å². The number of nitrogens with zero attached hydrogens (tertiary/aromatic N) is 1. The Morgan fingerprint density at radius 3 is 2.55 bits per heavy atom. The van der Waals surface area contributed by atoms with E-state index in [9.17, 15) is 4.79 Å². The number of benzene rings is 2. The van der Waals surface area contributed by atoms with Crippen LogP contribution >= 0.6 is 11.6 Å². The highest BCUT2D eigenvalue weighted by Gasteiger charge is 2.08. The molecule has 0 unspecified atom stereocenters. The normalized spacial score (nSPS) is 11.2. The van der Waals surface area contributed by atoms with Gasteiger partial charge in [0.1, 0.15) is 0 Å². The van der Waals surface area contributed by atoms with Crippen molar-refractivity contribution < 1.29 is 9.21 Å². The number of carbonyl (C=O) groups excluding carboxylic acids is 1. The molecule has 29 heavy (non-hydrogen) atoms. The van der Waals surface area contributed by atoms with Gasteiger partial charge in [0.25, 0.3) is 5.91 Å². The molecule has 0 spiro atoms. The van der Waals surface area contributed by atoms with Crippen LogP contribution < -0.4 is 16.0 Å². The smallest absolute Gasteiger partial charge is 0.291 e. The lowest BCUT2D eigenvalue weighted by atomic mass is 10.1. The van der Waals surface area contributed by atoms with Crippen molar-refractivity contribution in [3.63, 3.8) is 0 Å². The number of nitrogens with one attached hydrogen (secondary N) is 3. The zero-order valence-corrected chi connectivity index (χ0v) is 16.9. The molecule has 0 fully saturated rings. The van der Waals surface area contributed by atoms with Gasteiger partial charge in [-0.25, -0.2) is 0 Å². The number of hydrogen-bond acceptors (Lipinski definition) is 3. The highest BCUT2D eigenvalue weighted by atomic mass is 35.5. The summed E-state index contributed by atoms with van der Waals surface area (Å²) in [7, 11) is 1.74. The minimum Gasteiger partial charge on any atom is -0.459 e. The molecule has 3 N–H and O–H groups in total. The lowest BCUT2D eigenvalue weighted by Gasteiger charge is -2.12. The number of hydrogen-bond donors (Lipinski definition) is 3. The molecule has 0 aliphatic rings. The second kappa shape index (κ2) is 10.3. The number of rotatable bonds is 7. The first-order valence-electron chi connectivity index (χ1n) is 9.27. The standard InChI is InChI=1S/C22H23ClN4O2/c1-24-22(25-12-11-16-4-2-5-18(23)14-16)26-15-17-7-9-19(10-8-17)27-21(28)20-6-3-13-29-20/h2-10,13-14H,11-12,15H2,1H3,(H,27,28)(H2,24,25,26). The van der Waals surface area contributed by atoms with Crippen LogP contribution in [0.1, 0.15) is 21.7 Å². The largest absolute Gasteiger partial charge is 0.459 e. The van der Waals surface area contributed by atoms with Gasteiger partial charge in [0.15, 0.2) is 11.7 Å². The van der Waals surface area contributed by atoms with Crippen molar-refractivity contribution in [1.82, 2.24) is 10.6 Å². The number of aliphatic imine (C=N–C) groups is 1. The third-order valence-electron chi connectivity index (χ3n) is 4.24. The number of anilines is 1. The Labute approximate surface area is 175 Å². The summed E-state index contributed by atoms with van der Waals surface area (Å²) in [5.74, 6) is 0.732. The van der Waals surface area contributed by atoms with Crippen LogP contribution in [-0.2, 0) is 13.0 Å². The van der Waals surface area contributed by atoms with Crippen LogP contribution in [0.5, 0.6) is 0 Å². The second-order valence-corrected chi connectivity index (χ2v) is 6.80. The molecule has 1 heterocycles. The average Bonchev–Trinajstić information content (AvgIpc) is 3.27. The van der Waals surface area contributed by atoms with Gasteiger partial charge in [-0.1, -0.05) is 35.9 Å². The van der Waals surface area contributed by atoms with E-state index in [1.807, 2.05) is 42.5 Å². The molecule has 6 nitrogen and oxygen atoms in total. The fourth-order valence-corrected chi connectivity index (χ4v) is 2.94. The summed E-state index contributed by atoms with van der Waals surface area (Å²) in [6.45, 7) is 1.36. The Morgan fingerprint density at radius 1 is 1.03 bits per heavy atom. The maximum Gasteiger partial charge on any atom is 0.291 e. The predicted octanol–water partition coefficient (Wildman–Crippen LogP) is 4.09. The summed E-state index contributed by atoms with van der Waals surface area (Å²) < 4.78 is 5.09. The van der Waals surface area contributed by atoms with Gasteiger partial charge in [0.05, 0.1) is 6.26 Å². The fraction of sp³-hybridized carbons (Fsp3) is 0.182. The molecule has 3 aromatic rings. The topological polar surface area (TPSA) is 78.7 Å². The van der Waals surface area contributed by atoms with Gasteiger partial charge >= 0.3 is 0 Å². The zero-order chi connectivity index (χ0) is 20.5. The maximum atomic E-state index is 12.0. The van der Waals surface area contributed by atoms with Gasteiger partial charge in [-0.2, -0.15) is 0 Å². The Hall–Kier alpha value is -3.25. The van der Waals surface area contributed by atoms with E-state index in [1.54, 1.807) is 19.2 Å². The van der Waals surface area contributed by atoms with E-state index in [2.05, 4.69) is 27.0 Å². The van der Waals surface area contributed by atoms with E-state index in [1.165, 1.54) is 11.8 Å². The molecule has 0 aliphatic heterocycles. The number of furan rings is 1. The minimum absolute atomic E-state index is 0.273. The van der Waals surface area contributed by atoms with Gasteiger partial charge in [0.2, 0.25) is 0 Å². The van der Waals surface area contributed by atoms with Gasteiger partial charge in [-0.05, 0) is 53.9 Å². The highest BCUT2D eigenvalue weighted by Crippen LogP contribution is 2.12. The first-order chi connectivity index (χ1) is 14.1.